The van der Waals surface area contributed by atoms with Crippen LogP contribution < -0.4 is 10.6 Å². The first-order valence-corrected chi connectivity index (χ1v) is 11.5. The molecule has 1 fully saturated rings. The van der Waals surface area contributed by atoms with E-state index in [1.807, 2.05) is 11.2 Å². The largest absolute Gasteiger partial charge is 0.416 e. The number of hydrogen-bond acceptors (Lipinski definition) is 6. The number of carbonyl (C=O) groups is 1. The second-order valence-electron chi connectivity index (χ2n) is 6.79. The highest BCUT2D eigenvalue weighted by atomic mass is 32.2. The van der Waals surface area contributed by atoms with Gasteiger partial charge in [0.05, 0.1) is 11.6 Å². The maximum Gasteiger partial charge on any atom is 0.416 e. The Morgan fingerprint density at radius 1 is 1.31 bits per heavy atom. The van der Waals surface area contributed by atoms with Gasteiger partial charge in [-0.3, -0.25) is 4.79 Å². The summed E-state index contributed by atoms with van der Waals surface area (Å²) in [5, 5.41) is 2.49. The van der Waals surface area contributed by atoms with E-state index in [2.05, 4.69) is 4.98 Å². The molecule has 0 saturated carbocycles. The summed E-state index contributed by atoms with van der Waals surface area (Å²) in [4.78, 5) is 20.7. The lowest BCUT2D eigenvalue weighted by atomic mass is 10.1. The molecule has 1 saturated heterocycles. The lowest BCUT2D eigenvalue weighted by Crippen LogP contribution is -2.49. The zero-order valence-corrected chi connectivity index (χ0v) is 17.6. The molecule has 29 heavy (non-hydrogen) atoms. The number of thioether (sulfide) groups is 1. The molecular weight excluding hydrogens is 421 g/mol. The van der Waals surface area contributed by atoms with Gasteiger partial charge in [0.2, 0.25) is 0 Å². The maximum atomic E-state index is 12.9. The Kier molecular flexibility index (Phi) is 7.07. The number of thiazole rings is 1. The minimum Gasteiger partial charge on any atom is -0.368 e. The van der Waals surface area contributed by atoms with Crippen molar-refractivity contribution in [3.63, 3.8) is 0 Å². The number of nitrogens with two attached hydrogens (primary N) is 1. The van der Waals surface area contributed by atoms with Crippen LogP contribution in [0.15, 0.2) is 29.6 Å². The molecule has 2 N–H and O–H groups in total. The molecule has 0 spiro atoms. The molecule has 1 aliphatic heterocycles. The zero-order chi connectivity index (χ0) is 21.0. The molecule has 1 aromatic heterocycles. The van der Waals surface area contributed by atoms with Crippen LogP contribution in [0.4, 0.5) is 18.9 Å². The smallest absolute Gasteiger partial charge is 0.368 e. The quantitative estimate of drug-likeness (QED) is 0.733. The van der Waals surface area contributed by atoms with Crippen molar-refractivity contribution in [3.8, 4) is 0 Å². The third-order valence-corrected chi connectivity index (χ3v) is 6.42. The molecule has 1 atom stereocenters. The molecule has 5 nitrogen and oxygen atoms in total. The van der Waals surface area contributed by atoms with E-state index in [0.29, 0.717) is 37.6 Å². The molecule has 158 valence electrons. The number of rotatable bonds is 6. The van der Waals surface area contributed by atoms with Crippen LogP contribution in [0.3, 0.4) is 0 Å². The van der Waals surface area contributed by atoms with Gasteiger partial charge in [-0.25, -0.2) is 4.98 Å². The Bertz CT molecular complexity index is 835. The van der Waals surface area contributed by atoms with Crippen LogP contribution >= 0.6 is 23.1 Å². The van der Waals surface area contributed by atoms with Gasteiger partial charge in [0.1, 0.15) is 10.7 Å². The highest BCUT2D eigenvalue weighted by Crippen LogP contribution is 2.32. The number of alkyl halides is 3. The Balaban J connectivity index is 1.60. The van der Waals surface area contributed by atoms with Gasteiger partial charge in [0.15, 0.2) is 0 Å². The van der Waals surface area contributed by atoms with Gasteiger partial charge in [-0.2, -0.15) is 24.9 Å². The van der Waals surface area contributed by atoms with E-state index in [1.54, 1.807) is 28.1 Å². The first kappa shape index (κ1) is 21.9. The Morgan fingerprint density at radius 2 is 2.03 bits per heavy atom. The Labute approximate surface area is 176 Å². The minimum atomic E-state index is -4.37. The fourth-order valence-corrected chi connectivity index (χ4v) is 4.45. The first-order chi connectivity index (χ1) is 13.8. The number of carbonyl (C=O) groups excluding carboxylic acids is 1. The summed E-state index contributed by atoms with van der Waals surface area (Å²) >= 11 is 3.11. The summed E-state index contributed by atoms with van der Waals surface area (Å²) in [6.45, 7) is 1.80. The van der Waals surface area contributed by atoms with Crippen LogP contribution in [0.25, 0.3) is 0 Å². The molecule has 1 aromatic carbocycles. The van der Waals surface area contributed by atoms with Crippen molar-refractivity contribution >= 4 is 34.7 Å². The van der Waals surface area contributed by atoms with Gasteiger partial charge in [-0.15, -0.1) is 11.3 Å². The number of piperazine rings is 1. The average molecular weight is 445 g/mol. The summed E-state index contributed by atoms with van der Waals surface area (Å²) in [5.41, 5.74) is 6.36. The van der Waals surface area contributed by atoms with Gasteiger partial charge in [0.25, 0.3) is 5.91 Å². The predicted molar refractivity (Wildman–Crippen MR) is 112 cm³/mol. The van der Waals surface area contributed by atoms with Crippen LogP contribution in [0.2, 0.25) is 0 Å². The van der Waals surface area contributed by atoms with E-state index in [4.69, 9.17) is 5.73 Å². The lowest BCUT2D eigenvalue weighted by molar-refractivity contribution is -0.137. The molecule has 10 heteroatoms. The van der Waals surface area contributed by atoms with Crippen molar-refractivity contribution in [1.29, 1.82) is 0 Å². The van der Waals surface area contributed by atoms with Crippen LogP contribution in [0, 0.1) is 0 Å². The molecule has 2 heterocycles. The topological polar surface area (TPSA) is 62.5 Å². The van der Waals surface area contributed by atoms with Gasteiger partial charge < -0.3 is 15.5 Å². The Hall–Kier alpha value is -1.78. The number of amides is 1. The summed E-state index contributed by atoms with van der Waals surface area (Å²) in [7, 11) is 0. The highest BCUT2D eigenvalue weighted by molar-refractivity contribution is 7.98. The molecule has 0 radical (unpaired) electrons. The van der Waals surface area contributed by atoms with Crippen LogP contribution in [-0.2, 0) is 6.18 Å². The summed E-state index contributed by atoms with van der Waals surface area (Å²) in [6, 6.07) is 5.11. The number of halogens is 3. The van der Waals surface area contributed by atoms with Gasteiger partial charge >= 0.3 is 6.18 Å². The SMILES string of the molecule is CSCCC(N)c1nc(C(=O)N2CCN(c3cccc(C(F)(F)F)c3)CC2)cs1. The molecule has 0 bridgehead atoms. The van der Waals surface area contributed by atoms with E-state index in [-0.39, 0.29) is 11.9 Å². The zero-order valence-electron chi connectivity index (χ0n) is 16.0. The van der Waals surface area contributed by atoms with Crippen molar-refractivity contribution in [1.82, 2.24) is 9.88 Å². The van der Waals surface area contributed by atoms with Crippen molar-refractivity contribution in [2.75, 3.05) is 43.1 Å². The van der Waals surface area contributed by atoms with Crippen LogP contribution in [0.5, 0.6) is 0 Å². The standard InChI is InChI=1S/C19H23F3N4OS2/c1-28-10-5-15(23)17-24-16(12-29-17)18(27)26-8-6-25(7-9-26)14-4-2-3-13(11-14)19(20,21)22/h2-4,11-12,15H,5-10,23H2,1H3. The molecule has 2 aromatic rings. The molecular formula is C19H23F3N4OS2. The average Bonchev–Trinajstić information content (AvgIpc) is 3.21. The van der Waals surface area contributed by atoms with Crippen LogP contribution in [0.1, 0.15) is 33.5 Å². The van der Waals surface area contributed by atoms with Crippen molar-refractivity contribution < 1.29 is 18.0 Å². The summed E-state index contributed by atoms with van der Waals surface area (Å²) in [5.74, 6) is 0.773. The minimum absolute atomic E-state index is 0.159. The Morgan fingerprint density at radius 3 is 2.69 bits per heavy atom. The van der Waals surface area contributed by atoms with Crippen LogP contribution in [-0.4, -0.2) is 54.0 Å². The fraction of sp³-hybridized carbons (Fsp3) is 0.474. The monoisotopic (exact) mass is 444 g/mol. The first-order valence-electron chi connectivity index (χ1n) is 9.21. The molecule has 1 aliphatic rings. The van der Waals surface area contributed by atoms with Gasteiger partial charge in [-0.1, -0.05) is 6.07 Å². The predicted octanol–water partition coefficient (Wildman–Crippen LogP) is 3.88. The molecule has 0 aliphatic carbocycles. The number of anilines is 1. The third kappa shape index (κ3) is 5.43. The molecule has 1 amide bonds. The van der Waals surface area contributed by atoms with E-state index in [9.17, 15) is 18.0 Å². The second kappa shape index (κ2) is 9.36. The summed E-state index contributed by atoms with van der Waals surface area (Å²) < 4.78 is 38.8. The highest BCUT2D eigenvalue weighted by Gasteiger charge is 2.31. The van der Waals surface area contributed by atoms with Gasteiger partial charge in [-0.05, 0) is 36.6 Å². The number of aromatic nitrogens is 1. The fourth-order valence-electron chi connectivity index (χ4n) is 3.13. The van der Waals surface area contributed by atoms with Crippen molar-refractivity contribution in [2.45, 2.75) is 18.6 Å². The number of nitrogens with zero attached hydrogens (tertiary/aromatic N) is 3. The van der Waals surface area contributed by atoms with Crippen molar-refractivity contribution in [2.24, 2.45) is 5.73 Å². The van der Waals surface area contributed by atoms with Gasteiger partial charge in [0, 0.05) is 37.2 Å². The van der Waals surface area contributed by atoms with E-state index < -0.39 is 11.7 Å². The second-order valence-corrected chi connectivity index (χ2v) is 8.66. The van der Waals surface area contributed by atoms with Crippen molar-refractivity contribution in [3.05, 3.63) is 45.9 Å². The maximum absolute atomic E-state index is 12.9. The number of hydrogen-bond donors (Lipinski definition) is 1. The molecule has 3 rings (SSSR count). The third-order valence-electron chi connectivity index (χ3n) is 4.80. The normalized spacial score (nSPS) is 16.2. The lowest BCUT2D eigenvalue weighted by Gasteiger charge is -2.36. The van der Waals surface area contributed by atoms with E-state index >= 15 is 0 Å². The van der Waals surface area contributed by atoms with E-state index in [0.717, 1.165) is 29.3 Å². The van der Waals surface area contributed by atoms with E-state index in [1.165, 1.54) is 17.4 Å². The number of benzene rings is 1. The summed E-state index contributed by atoms with van der Waals surface area (Å²) in [6.07, 6.45) is -1.55. The molecule has 1 unspecified atom stereocenters.